The normalized spacial score (nSPS) is 9.86. The molecule has 0 aliphatic carbocycles. The summed E-state index contributed by atoms with van der Waals surface area (Å²) in [7, 11) is 1.25. The zero-order valence-corrected chi connectivity index (χ0v) is 13.4. The van der Waals surface area contributed by atoms with Gasteiger partial charge in [-0.25, -0.2) is 14.4 Å². The predicted octanol–water partition coefficient (Wildman–Crippen LogP) is 2.65. The van der Waals surface area contributed by atoms with Gasteiger partial charge in [-0.2, -0.15) is 0 Å². The van der Waals surface area contributed by atoms with Crippen LogP contribution in [0.3, 0.4) is 0 Å². The standard InChI is InChI=1S/C9H12O4.C7H12O2/c1-6(8(10)11)4-5-7(2)9(12)13-3;1-3-5-6-9-7(8)4-2/h4H,2,5H2,1,3H3,(H,10,11);4H,2-3,5-6H2,1H3. The third-order valence-electron chi connectivity index (χ3n) is 2.37. The highest BCUT2D eigenvalue weighted by Crippen LogP contribution is 2.04. The van der Waals surface area contributed by atoms with Crippen molar-refractivity contribution in [3.05, 3.63) is 36.5 Å². The van der Waals surface area contributed by atoms with Crippen LogP contribution in [0.1, 0.15) is 33.1 Å². The summed E-state index contributed by atoms with van der Waals surface area (Å²) in [4.78, 5) is 31.5. The molecule has 0 fully saturated rings. The first-order chi connectivity index (χ1) is 10.3. The summed E-state index contributed by atoms with van der Waals surface area (Å²) >= 11 is 0. The lowest BCUT2D eigenvalue weighted by Crippen LogP contribution is -2.03. The van der Waals surface area contributed by atoms with Crippen molar-refractivity contribution in [2.45, 2.75) is 33.1 Å². The highest BCUT2D eigenvalue weighted by atomic mass is 16.5. The Bertz CT molecular complexity index is 434. The first kappa shape index (κ1) is 21.9. The maximum absolute atomic E-state index is 10.8. The van der Waals surface area contributed by atoms with E-state index in [1.807, 2.05) is 6.92 Å². The van der Waals surface area contributed by atoms with Gasteiger partial charge in [0.05, 0.1) is 13.7 Å². The number of carbonyl (C=O) groups is 3. The Morgan fingerprint density at radius 1 is 1.27 bits per heavy atom. The van der Waals surface area contributed by atoms with Crippen LogP contribution in [-0.2, 0) is 23.9 Å². The van der Waals surface area contributed by atoms with Gasteiger partial charge in [0.1, 0.15) is 0 Å². The Kier molecular flexibility index (Phi) is 13.6. The third kappa shape index (κ3) is 12.7. The smallest absolute Gasteiger partial charge is 0.333 e. The molecule has 1 N–H and O–H groups in total. The number of rotatable bonds is 8. The lowest BCUT2D eigenvalue weighted by atomic mass is 10.1. The second kappa shape index (κ2) is 13.6. The summed E-state index contributed by atoms with van der Waals surface area (Å²) in [5.41, 5.74) is 0.424. The van der Waals surface area contributed by atoms with E-state index in [1.54, 1.807) is 0 Å². The van der Waals surface area contributed by atoms with Crippen molar-refractivity contribution in [2.75, 3.05) is 13.7 Å². The van der Waals surface area contributed by atoms with Crippen LogP contribution in [0.4, 0.5) is 0 Å². The largest absolute Gasteiger partial charge is 0.478 e. The quantitative estimate of drug-likeness (QED) is 0.421. The molecular weight excluding hydrogens is 288 g/mol. The lowest BCUT2D eigenvalue weighted by molar-refractivity contribution is -0.138. The third-order valence-corrected chi connectivity index (χ3v) is 2.37. The molecule has 6 heteroatoms. The SMILES string of the molecule is C=C(CC=C(C)C(=O)O)C(=O)OC.C=CC(=O)OCCCC. The van der Waals surface area contributed by atoms with Crippen molar-refractivity contribution < 1.29 is 29.0 Å². The molecule has 0 aliphatic heterocycles. The highest BCUT2D eigenvalue weighted by Gasteiger charge is 2.05. The van der Waals surface area contributed by atoms with Crippen molar-refractivity contribution in [3.63, 3.8) is 0 Å². The molecule has 0 aromatic rings. The van der Waals surface area contributed by atoms with Crippen LogP contribution in [0.2, 0.25) is 0 Å². The van der Waals surface area contributed by atoms with Crippen LogP contribution in [0.15, 0.2) is 36.5 Å². The molecule has 0 unspecified atom stereocenters. The fourth-order valence-corrected chi connectivity index (χ4v) is 0.967. The number of ether oxygens (including phenoxy) is 2. The molecule has 22 heavy (non-hydrogen) atoms. The minimum atomic E-state index is -1.00. The number of methoxy groups -OCH3 is 1. The lowest BCUT2D eigenvalue weighted by Gasteiger charge is -1.99. The number of hydrogen-bond donors (Lipinski definition) is 1. The van der Waals surface area contributed by atoms with Crippen LogP contribution in [0, 0.1) is 0 Å². The summed E-state index contributed by atoms with van der Waals surface area (Å²) in [6.45, 7) is 10.7. The van der Waals surface area contributed by atoms with E-state index in [4.69, 9.17) is 5.11 Å². The number of aliphatic carboxylic acids is 1. The Morgan fingerprint density at radius 2 is 1.86 bits per heavy atom. The van der Waals surface area contributed by atoms with Crippen molar-refractivity contribution in [3.8, 4) is 0 Å². The minimum absolute atomic E-state index is 0.185. The van der Waals surface area contributed by atoms with Gasteiger partial charge < -0.3 is 14.6 Å². The van der Waals surface area contributed by atoms with Gasteiger partial charge in [0, 0.05) is 17.2 Å². The van der Waals surface area contributed by atoms with E-state index in [0.29, 0.717) is 6.61 Å². The van der Waals surface area contributed by atoms with Crippen LogP contribution in [-0.4, -0.2) is 36.7 Å². The molecule has 0 heterocycles. The Labute approximate surface area is 131 Å². The van der Waals surface area contributed by atoms with Gasteiger partial charge in [0.25, 0.3) is 0 Å². The molecule has 0 aromatic heterocycles. The average molecular weight is 312 g/mol. The maximum Gasteiger partial charge on any atom is 0.333 e. The Hall–Kier alpha value is -2.37. The van der Waals surface area contributed by atoms with Gasteiger partial charge >= 0.3 is 17.9 Å². The second-order valence-electron chi connectivity index (χ2n) is 4.22. The molecule has 0 spiro atoms. The van der Waals surface area contributed by atoms with E-state index in [0.717, 1.165) is 12.8 Å². The van der Waals surface area contributed by atoms with Gasteiger partial charge in [-0.3, -0.25) is 0 Å². The summed E-state index contributed by atoms with van der Waals surface area (Å²) in [6, 6.07) is 0. The summed E-state index contributed by atoms with van der Waals surface area (Å²) in [5, 5.41) is 8.48. The first-order valence-corrected chi connectivity index (χ1v) is 6.75. The molecule has 0 rings (SSSR count). The fraction of sp³-hybridized carbons (Fsp3) is 0.438. The van der Waals surface area contributed by atoms with E-state index >= 15 is 0 Å². The zero-order valence-electron chi connectivity index (χ0n) is 13.4. The van der Waals surface area contributed by atoms with Crippen molar-refractivity contribution in [2.24, 2.45) is 0 Å². The number of esters is 2. The van der Waals surface area contributed by atoms with E-state index in [9.17, 15) is 14.4 Å². The van der Waals surface area contributed by atoms with Crippen LogP contribution < -0.4 is 0 Å². The minimum Gasteiger partial charge on any atom is -0.478 e. The van der Waals surface area contributed by atoms with Gasteiger partial charge in [-0.15, -0.1) is 0 Å². The summed E-state index contributed by atoms with van der Waals surface area (Å²) in [6.07, 6.45) is 4.77. The van der Waals surface area contributed by atoms with Gasteiger partial charge in [0.2, 0.25) is 0 Å². The van der Waals surface area contributed by atoms with Crippen molar-refractivity contribution in [1.29, 1.82) is 0 Å². The first-order valence-electron chi connectivity index (χ1n) is 6.75. The number of unbranched alkanes of at least 4 members (excludes halogenated alkanes) is 1. The van der Waals surface area contributed by atoms with Crippen molar-refractivity contribution >= 4 is 17.9 Å². The topological polar surface area (TPSA) is 89.9 Å². The van der Waals surface area contributed by atoms with Crippen molar-refractivity contribution in [1.82, 2.24) is 0 Å². The molecule has 0 saturated heterocycles. The molecule has 0 aromatic carbocycles. The van der Waals surface area contributed by atoms with Gasteiger partial charge in [0.15, 0.2) is 0 Å². The molecule has 6 nitrogen and oxygen atoms in total. The number of carbonyl (C=O) groups excluding carboxylic acids is 2. The summed E-state index contributed by atoms with van der Waals surface area (Å²) < 4.78 is 9.06. The molecule has 0 bridgehead atoms. The molecule has 0 aliphatic rings. The molecule has 0 saturated carbocycles. The van der Waals surface area contributed by atoms with E-state index in [-0.39, 0.29) is 23.5 Å². The molecular formula is C16H24O6. The van der Waals surface area contributed by atoms with Gasteiger partial charge in [-0.05, 0) is 19.8 Å². The monoisotopic (exact) mass is 312 g/mol. The average Bonchev–Trinajstić information content (AvgIpc) is 2.51. The molecule has 124 valence electrons. The molecule has 0 atom stereocenters. The fourth-order valence-electron chi connectivity index (χ4n) is 0.967. The van der Waals surface area contributed by atoms with Crippen LogP contribution in [0.5, 0.6) is 0 Å². The van der Waals surface area contributed by atoms with E-state index in [1.165, 1.54) is 26.2 Å². The highest BCUT2D eigenvalue weighted by molar-refractivity contribution is 5.89. The summed E-state index contributed by atoms with van der Waals surface area (Å²) in [5.74, 6) is -1.85. The van der Waals surface area contributed by atoms with Crippen LogP contribution >= 0.6 is 0 Å². The van der Waals surface area contributed by atoms with E-state index in [2.05, 4.69) is 22.6 Å². The second-order valence-corrected chi connectivity index (χ2v) is 4.22. The zero-order chi connectivity index (χ0) is 17.5. The van der Waals surface area contributed by atoms with Crippen LogP contribution in [0.25, 0.3) is 0 Å². The number of carboxylic acid groups (broad SMARTS) is 1. The molecule has 0 radical (unpaired) electrons. The predicted molar refractivity (Wildman–Crippen MR) is 83.2 cm³/mol. The Morgan fingerprint density at radius 3 is 2.27 bits per heavy atom. The Balaban J connectivity index is 0. The number of hydrogen-bond acceptors (Lipinski definition) is 5. The molecule has 0 amide bonds. The maximum atomic E-state index is 10.8. The van der Waals surface area contributed by atoms with E-state index < -0.39 is 11.9 Å². The van der Waals surface area contributed by atoms with Gasteiger partial charge in [-0.1, -0.05) is 32.6 Å². The number of allylic oxidation sites excluding steroid dienone is 1. The number of carboxylic acids is 1.